The molecule has 2 aromatic heterocycles. The van der Waals surface area contributed by atoms with Gasteiger partial charge in [0.15, 0.2) is 18.0 Å². The predicted molar refractivity (Wildman–Crippen MR) is 51.2 cm³/mol. The molecular weight excluding hydrogens is 215 g/mol. The molecule has 0 unspecified atom stereocenters. The van der Waals surface area contributed by atoms with Gasteiger partial charge in [-0.25, -0.2) is 19.3 Å². The molecule has 0 radical (unpaired) electrons. The van der Waals surface area contributed by atoms with E-state index in [1.54, 1.807) is 0 Å². The second-order valence-corrected chi connectivity index (χ2v) is 3.62. The summed E-state index contributed by atoms with van der Waals surface area (Å²) in [5.41, 5.74) is 1.07. The quantitative estimate of drug-likeness (QED) is 0.741. The Morgan fingerprint density at radius 3 is 3.12 bits per heavy atom. The van der Waals surface area contributed by atoms with Crippen LogP contribution in [0.2, 0.25) is 0 Å². The maximum absolute atomic E-state index is 13.6. The van der Waals surface area contributed by atoms with Crippen molar-refractivity contribution in [2.75, 3.05) is 6.61 Å². The third-order valence-corrected chi connectivity index (χ3v) is 2.59. The summed E-state index contributed by atoms with van der Waals surface area (Å²) in [6.45, 7) is -0.0173. The van der Waals surface area contributed by atoms with Gasteiger partial charge in [-0.3, -0.25) is 4.57 Å². The number of hydrogen-bond acceptors (Lipinski definition) is 5. The number of hydrogen-bond donors (Lipinski definition) is 1. The normalized spacial score (nSPS) is 30.0. The first-order valence-corrected chi connectivity index (χ1v) is 4.83. The number of nitrogens with zero attached hydrogens (tertiary/aromatic N) is 4. The molecule has 6 nitrogen and oxygen atoms in total. The van der Waals surface area contributed by atoms with Crippen molar-refractivity contribution < 1.29 is 14.2 Å². The van der Waals surface area contributed by atoms with Gasteiger partial charge in [0.2, 0.25) is 0 Å². The molecule has 7 heteroatoms. The van der Waals surface area contributed by atoms with Gasteiger partial charge < -0.3 is 9.84 Å². The van der Waals surface area contributed by atoms with Crippen LogP contribution >= 0.6 is 0 Å². The fourth-order valence-corrected chi connectivity index (χ4v) is 1.78. The molecule has 3 atom stereocenters. The van der Waals surface area contributed by atoms with Crippen LogP contribution in [0.15, 0.2) is 18.9 Å². The molecule has 1 fully saturated rings. The Morgan fingerprint density at radius 1 is 1.50 bits per heavy atom. The minimum atomic E-state index is -1.47. The van der Waals surface area contributed by atoms with E-state index in [4.69, 9.17) is 4.74 Å². The Labute approximate surface area is 89.7 Å². The summed E-state index contributed by atoms with van der Waals surface area (Å²) in [6.07, 6.45) is 0.914. The van der Waals surface area contributed by atoms with Crippen LogP contribution in [-0.4, -0.2) is 43.5 Å². The molecule has 1 aliphatic heterocycles. The van der Waals surface area contributed by atoms with Crippen LogP contribution in [0, 0.1) is 0 Å². The molecule has 3 heterocycles. The van der Waals surface area contributed by atoms with Crippen molar-refractivity contribution in [2.45, 2.75) is 18.5 Å². The van der Waals surface area contributed by atoms with Crippen LogP contribution in [-0.2, 0) is 4.74 Å². The highest BCUT2D eigenvalue weighted by atomic mass is 19.1. The average Bonchev–Trinajstić information content (AvgIpc) is 2.85. The third kappa shape index (κ3) is 1.29. The van der Waals surface area contributed by atoms with Gasteiger partial charge in [0.05, 0.1) is 19.1 Å². The van der Waals surface area contributed by atoms with E-state index in [2.05, 4.69) is 15.0 Å². The molecular formula is C9H9FN4O2. The first kappa shape index (κ1) is 9.61. The second kappa shape index (κ2) is 3.46. The van der Waals surface area contributed by atoms with Crippen molar-refractivity contribution in [2.24, 2.45) is 0 Å². The first-order valence-electron chi connectivity index (χ1n) is 4.83. The minimum absolute atomic E-state index is 0.0173. The van der Waals surface area contributed by atoms with E-state index < -0.39 is 18.5 Å². The highest BCUT2D eigenvalue weighted by Gasteiger charge is 2.38. The number of aromatic nitrogens is 4. The molecule has 1 saturated heterocycles. The van der Waals surface area contributed by atoms with Crippen molar-refractivity contribution in [3.8, 4) is 0 Å². The number of rotatable bonds is 1. The Morgan fingerprint density at radius 2 is 2.38 bits per heavy atom. The predicted octanol–water partition coefficient (Wildman–Crippen LogP) is 0.0541. The standard InChI is InChI=1S/C9H9FN4O2/c10-7-6(15)2-16-9(7)14-4-13-5-1-11-3-12-8(5)14/h1,3-4,6-7,9,15H,2H2/t6-,7-,9-/m1/s1. The van der Waals surface area contributed by atoms with Crippen molar-refractivity contribution in [1.29, 1.82) is 0 Å². The van der Waals surface area contributed by atoms with Gasteiger partial charge in [0, 0.05) is 0 Å². The SMILES string of the molecule is O[C@@H]1CO[C@@H](n2cnc3cncnc32)[C@@H]1F. The molecule has 0 spiro atoms. The highest BCUT2D eigenvalue weighted by molar-refractivity contribution is 5.68. The highest BCUT2D eigenvalue weighted by Crippen LogP contribution is 2.28. The van der Waals surface area contributed by atoms with Crippen LogP contribution in [0.25, 0.3) is 11.2 Å². The van der Waals surface area contributed by atoms with Gasteiger partial charge in [0.25, 0.3) is 0 Å². The van der Waals surface area contributed by atoms with E-state index in [0.717, 1.165) is 0 Å². The Kier molecular flexibility index (Phi) is 2.08. The lowest BCUT2D eigenvalue weighted by atomic mass is 10.2. The van der Waals surface area contributed by atoms with Gasteiger partial charge >= 0.3 is 0 Å². The largest absolute Gasteiger partial charge is 0.387 e. The van der Waals surface area contributed by atoms with Crippen LogP contribution in [0.4, 0.5) is 4.39 Å². The Bertz CT molecular complexity index is 517. The van der Waals surface area contributed by atoms with E-state index in [9.17, 15) is 9.50 Å². The number of aliphatic hydroxyl groups excluding tert-OH is 1. The molecule has 0 aliphatic carbocycles. The van der Waals surface area contributed by atoms with Crippen LogP contribution in [0.1, 0.15) is 6.23 Å². The number of ether oxygens (including phenoxy) is 1. The lowest BCUT2D eigenvalue weighted by molar-refractivity contribution is 0.0237. The van der Waals surface area contributed by atoms with E-state index in [-0.39, 0.29) is 6.61 Å². The van der Waals surface area contributed by atoms with E-state index in [1.807, 2.05) is 0 Å². The summed E-state index contributed by atoms with van der Waals surface area (Å²) in [5.74, 6) is 0. The molecule has 2 aromatic rings. The smallest absolute Gasteiger partial charge is 0.173 e. The molecule has 0 saturated carbocycles. The summed E-state index contributed by atoms with van der Waals surface area (Å²) >= 11 is 0. The van der Waals surface area contributed by atoms with Crippen LogP contribution in [0.5, 0.6) is 0 Å². The average molecular weight is 224 g/mol. The van der Waals surface area contributed by atoms with E-state index >= 15 is 0 Å². The van der Waals surface area contributed by atoms with Crippen molar-refractivity contribution >= 4 is 11.2 Å². The summed E-state index contributed by atoms with van der Waals surface area (Å²) in [7, 11) is 0. The zero-order valence-electron chi connectivity index (χ0n) is 8.19. The first-order chi connectivity index (χ1) is 7.77. The number of fused-ring (bicyclic) bond motifs is 1. The Balaban J connectivity index is 2.06. The zero-order valence-corrected chi connectivity index (χ0v) is 8.19. The number of halogens is 1. The van der Waals surface area contributed by atoms with Crippen LogP contribution < -0.4 is 0 Å². The lowest BCUT2D eigenvalue weighted by Crippen LogP contribution is -2.23. The minimum Gasteiger partial charge on any atom is -0.387 e. The number of alkyl halides is 1. The van der Waals surface area contributed by atoms with Gasteiger partial charge in [-0.2, -0.15) is 0 Å². The van der Waals surface area contributed by atoms with E-state index in [0.29, 0.717) is 11.2 Å². The maximum Gasteiger partial charge on any atom is 0.173 e. The van der Waals surface area contributed by atoms with Crippen molar-refractivity contribution in [3.05, 3.63) is 18.9 Å². The lowest BCUT2D eigenvalue weighted by Gasteiger charge is -2.14. The maximum atomic E-state index is 13.6. The van der Waals surface area contributed by atoms with Gasteiger partial charge in [-0.15, -0.1) is 0 Å². The monoisotopic (exact) mass is 224 g/mol. The van der Waals surface area contributed by atoms with Gasteiger partial charge in [-0.1, -0.05) is 0 Å². The van der Waals surface area contributed by atoms with Gasteiger partial charge in [0.1, 0.15) is 17.9 Å². The second-order valence-electron chi connectivity index (χ2n) is 3.62. The summed E-state index contributed by atoms with van der Waals surface area (Å²) in [6, 6.07) is 0. The summed E-state index contributed by atoms with van der Waals surface area (Å²) in [5, 5.41) is 9.27. The zero-order chi connectivity index (χ0) is 11.1. The third-order valence-electron chi connectivity index (χ3n) is 2.59. The molecule has 1 N–H and O–H groups in total. The molecule has 0 bridgehead atoms. The molecule has 3 rings (SSSR count). The molecule has 84 valence electrons. The fraction of sp³-hybridized carbons (Fsp3) is 0.444. The fourth-order valence-electron chi connectivity index (χ4n) is 1.78. The van der Waals surface area contributed by atoms with E-state index in [1.165, 1.54) is 23.4 Å². The van der Waals surface area contributed by atoms with Crippen molar-refractivity contribution in [1.82, 2.24) is 19.5 Å². The molecule has 0 amide bonds. The summed E-state index contributed by atoms with van der Waals surface area (Å²) in [4.78, 5) is 11.9. The van der Waals surface area contributed by atoms with Gasteiger partial charge in [-0.05, 0) is 0 Å². The number of aliphatic hydroxyl groups is 1. The molecule has 16 heavy (non-hydrogen) atoms. The summed E-state index contributed by atoms with van der Waals surface area (Å²) < 4.78 is 20.2. The molecule has 0 aromatic carbocycles. The Hall–Kier alpha value is -1.60. The number of imidazole rings is 1. The van der Waals surface area contributed by atoms with Crippen LogP contribution in [0.3, 0.4) is 0 Å². The topological polar surface area (TPSA) is 73.1 Å². The van der Waals surface area contributed by atoms with Crippen molar-refractivity contribution in [3.63, 3.8) is 0 Å². The molecule has 1 aliphatic rings.